The van der Waals surface area contributed by atoms with Crippen LogP contribution in [0.15, 0.2) is 0 Å². The Morgan fingerprint density at radius 2 is 2.28 bits per heavy atom. The highest BCUT2D eigenvalue weighted by molar-refractivity contribution is 5.79. The van der Waals surface area contributed by atoms with Gasteiger partial charge < -0.3 is 5.32 Å². The minimum Gasteiger partial charge on any atom is -0.337 e. The molecule has 18 heavy (non-hydrogen) atoms. The molecule has 0 aromatic heterocycles. The summed E-state index contributed by atoms with van der Waals surface area (Å²) in [6, 6.07) is 2.20. The summed E-state index contributed by atoms with van der Waals surface area (Å²) in [5.74, 6) is 0.729. The highest BCUT2D eigenvalue weighted by Gasteiger charge is 2.30. The van der Waals surface area contributed by atoms with E-state index in [-0.39, 0.29) is 11.8 Å². The lowest BCUT2D eigenvalue weighted by atomic mass is 9.90. The highest BCUT2D eigenvalue weighted by atomic mass is 16.2. The summed E-state index contributed by atoms with van der Waals surface area (Å²) >= 11 is 0. The fourth-order valence-corrected chi connectivity index (χ4v) is 2.26. The molecule has 1 aliphatic rings. The van der Waals surface area contributed by atoms with E-state index >= 15 is 0 Å². The molecule has 1 fully saturated rings. The molecule has 0 aromatic rings. The fraction of sp³-hybridized carbons (Fsp3) is 0.857. The normalized spacial score (nSPS) is 24.3. The van der Waals surface area contributed by atoms with Gasteiger partial charge in [0.25, 0.3) is 0 Å². The van der Waals surface area contributed by atoms with Crippen molar-refractivity contribution in [3.63, 3.8) is 0 Å². The van der Waals surface area contributed by atoms with Crippen LogP contribution < -0.4 is 5.32 Å². The summed E-state index contributed by atoms with van der Waals surface area (Å²) in [5, 5.41) is 12.0. The summed E-state index contributed by atoms with van der Waals surface area (Å²) in [4.78, 5) is 14.2. The topological polar surface area (TPSA) is 56.1 Å². The zero-order valence-electron chi connectivity index (χ0n) is 12.0. The van der Waals surface area contributed by atoms with Gasteiger partial charge in [0.05, 0.1) is 12.6 Å². The third-order valence-electron chi connectivity index (χ3n) is 3.89. The Morgan fingerprint density at radius 1 is 1.61 bits per heavy atom. The Balaban J connectivity index is 2.48. The number of nitriles is 1. The molecule has 102 valence electrons. The first-order valence-corrected chi connectivity index (χ1v) is 6.82. The lowest BCUT2D eigenvalue weighted by molar-refractivity contribution is -0.124. The van der Waals surface area contributed by atoms with Gasteiger partial charge in [-0.3, -0.25) is 9.69 Å². The molecular weight excluding hydrogens is 226 g/mol. The van der Waals surface area contributed by atoms with E-state index in [4.69, 9.17) is 0 Å². The second-order valence-corrected chi connectivity index (χ2v) is 6.00. The van der Waals surface area contributed by atoms with E-state index in [9.17, 15) is 10.1 Å². The van der Waals surface area contributed by atoms with Crippen LogP contribution in [0, 0.1) is 23.2 Å². The highest BCUT2D eigenvalue weighted by Crippen LogP contribution is 2.17. The maximum Gasteiger partial charge on any atom is 0.235 e. The molecule has 1 N–H and O–H groups in total. The number of amides is 1. The summed E-state index contributed by atoms with van der Waals surface area (Å²) in [6.45, 7) is 10.3. The van der Waals surface area contributed by atoms with Gasteiger partial charge in [-0.25, -0.2) is 0 Å². The minimum absolute atomic E-state index is 0.0400. The number of hydrogen-bond acceptors (Lipinski definition) is 3. The number of hydrogen-bond donors (Lipinski definition) is 1. The van der Waals surface area contributed by atoms with Gasteiger partial charge in [-0.05, 0) is 38.1 Å². The molecule has 1 heterocycles. The Labute approximate surface area is 110 Å². The second-order valence-electron chi connectivity index (χ2n) is 6.00. The van der Waals surface area contributed by atoms with Crippen molar-refractivity contribution < 1.29 is 4.79 Å². The van der Waals surface area contributed by atoms with Crippen LogP contribution in [-0.4, -0.2) is 36.0 Å². The number of rotatable bonds is 4. The fourth-order valence-electron chi connectivity index (χ4n) is 2.26. The van der Waals surface area contributed by atoms with Crippen LogP contribution in [0.5, 0.6) is 0 Å². The van der Waals surface area contributed by atoms with Crippen LogP contribution >= 0.6 is 0 Å². The third-order valence-corrected chi connectivity index (χ3v) is 3.89. The Morgan fingerprint density at radius 3 is 2.78 bits per heavy atom. The van der Waals surface area contributed by atoms with Crippen molar-refractivity contribution in [1.29, 1.82) is 5.26 Å². The molecule has 1 aliphatic heterocycles. The van der Waals surface area contributed by atoms with Gasteiger partial charge in [0.2, 0.25) is 5.91 Å². The van der Waals surface area contributed by atoms with Gasteiger partial charge in [0.15, 0.2) is 0 Å². The summed E-state index contributed by atoms with van der Waals surface area (Å²) in [7, 11) is 0. The van der Waals surface area contributed by atoms with Crippen molar-refractivity contribution in [3.8, 4) is 6.07 Å². The molecular formula is C14H25N3O. The molecule has 0 aliphatic carbocycles. The van der Waals surface area contributed by atoms with Crippen molar-refractivity contribution in [3.05, 3.63) is 0 Å². The average molecular weight is 251 g/mol. The van der Waals surface area contributed by atoms with Crippen LogP contribution in [0.2, 0.25) is 0 Å². The minimum atomic E-state index is -0.765. The molecule has 1 saturated heterocycles. The molecule has 0 spiro atoms. The maximum absolute atomic E-state index is 12.0. The smallest absolute Gasteiger partial charge is 0.235 e. The van der Waals surface area contributed by atoms with Gasteiger partial charge in [0, 0.05) is 6.54 Å². The van der Waals surface area contributed by atoms with E-state index in [2.05, 4.69) is 23.2 Å². The second kappa shape index (κ2) is 6.19. The van der Waals surface area contributed by atoms with Gasteiger partial charge in [0.1, 0.15) is 5.54 Å². The van der Waals surface area contributed by atoms with Gasteiger partial charge in [-0.15, -0.1) is 0 Å². The van der Waals surface area contributed by atoms with Crippen LogP contribution in [0.3, 0.4) is 0 Å². The SMILES string of the molecule is CC1CCCN(CC(=O)NC(C)(C#N)C(C)C)C1. The van der Waals surface area contributed by atoms with Crippen molar-refractivity contribution in [2.24, 2.45) is 11.8 Å². The molecule has 4 nitrogen and oxygen atoms in total. The molecule has 0 radical (unpaired) electrons. The maximum atomic E-state index is 12.0. The summed E-state index contributed by atoms with van der Waals surface area (Å²) in [6.07, 6.45) is 2.41. The quantitative estimate of drug-likeness (QED) is 0.828. The first-order chi connectivity index (χ1) is 8.37. The summed E-state index contributed by atoms with van der Waals surface area (Å²) in [5.41, 5.74) is -0.765. The Kier molecular flexibility index (Phi) is 5.15. The Hall–Kier alpha value is -1.08. The van der Waals surface area contributed by atoms with Gasteiger partial charge in [-0.2, -0.15) is 5.26 Å². The van der Waals surface area contributed by atoms with E-state index in [0.717, 1.165) is 19.5 Å². The predicted molar refractivity (Wildman–Crippen MR) is 71.8 cm³/mol. The Bertz CT molecular complexity index is 334. The van der Waals surface area contributed by atoms with Crippen LogP contribution in [-0.2, 0) is 4.79 Å². The van der Waals surface area contributed by atoms with E-state index < -0.39 is 5.54 Å². The molecule has 1 amide bonds. The standard InChI is InChI=1S/C14H25N3O/c1-11(2)14(4,10-15)16-13(18)9-17-7-5-6-12(3)8-17/h11-12H,5-9H2,1-4H3,(H,16,18). The van der Waals surface area contributed by atoms with E-state index in [1.165, 1.54) is 6.42 Å². The summed E-state index contributed by atoms with van der Waals surface area (Å²) < 4.78 is 0. The van der Waals surface area contributed by atoms with E-state index in [1.807, 2.05) is 13.8 Å². The van der Waals surface area contributed by atoms with E-state index in [1.54, 1.807) is 6.92 Å². The van der Waals surface area contributed by atoms with Crippen molar-refractivity contribution >= 4 is 5.91 Å². The monoisotopic (exact) mass is 251 g/mol. The van der Waals surface area contributed by atoms with Crippen LogP contribution in [0.1, 0.15) is 40.5 Å². The molecule has 0 aromatic carbocycles. The first-order valence-electron chi connectivity index (χ1n) is 6.82. The largest absolute Gasteiger partial charge is 0.337 e. The number of piperidine rings is 1. The third kappa shape index (κ3) is 3.99. The van der Waals surface area contributed by atoms with Gasteiger partial charge in [-0.1, -0.05) is 20.8 Å². The average Bonchev–Trinajstić information content (AvgIpc) is 2.28. The number of nitrogens with zero attached hydrogens (tertiary/aromatic N) is 2. The van der Waals surface area contributed by atoms with Crippen molar-refractivity contribution in [1.82, 2.24) is 10.2 Å². The molecule has 0 saturated carbocycles. The molecule has 2 unspecified atom stereocenters. The van der Waals surface area contributed by atoms with Crippen LogP contribution in [0.4, 0.5) is 0 Å². The zero-order valence-corrected chi connectivity index (χ0v) is 12.0. The number of nitrogens with one attached hydrogen (secondary N) is 1. The van der Waals surface area contributed by atoms with E-state index in [0.29, 0.717) is 12.5 Å². The number of carbonyl (C=O) groups excluding carboxylic acids is 1. The van der Waals surface area contributed by atoms with Crippen LogP contribution in [0.25, 0.3) is 0 Å². The molecule has 0 bridgehead atoms. The molecule has 2 atom stereocenters. The van der Waals surface area contributed by atoms with Gasteiger partial charge >= 0.3 is 0 Å². The lowest BCUT2D eigenvalue weighted by Gasteiger charge is -2.32. The zero-order chi connectivity index (χ0) is 13.8. The number of likely N-dealkylation sites (tertiary alicyclic amines) is 1. The van der Waals surface area contributed by atoms with Crippen molar-refractivity contribution in [2.45, 2.75) is 46.1 Å². The lowest BCUT2D eigenvalue weighted by Crippen LogP contribution is -2.52. The predicted octanol–water partition coefficient (Wildman–Crippen LogP) is 1.77. The molecule has 4 heteroatoms. The van der Waals surface area contributed by atoms with Crippen molar-refractivity contribution in [2.75, 3.05) is 19.6 Å². The number of carbonyl (C=O) groups is 1. The molecule has 1 rings (SSSR count). The first kappa shape index (κ1) is 15.0.